The average Bonchev–Trinajstić information content (AvgIpc) is 3.33. The van der Waals surface area contributed by atoms with Crippen LogP contribution >= 0.6 is 11.3 Å². The molecule has 148 valence electrons. The van der Waals surface area contributed by atoms with Gasteiger partial charge in [-0.25, -0.2) is 0 Å². The van der Waals surface area contributed by atoms with Gasteiger partial charge in [-0.3, -0.25) is 9.59 Å². The SMILES string of the molecule is CCCCN1C(=O)C(=O)/C(=C(\O)c2ccc(OC)c(OC)c2)C1c1cccs1. The first-order valence-corrected chi connectivity index (χ1v) is 9.95. The lowest BCUT2D eigenvalue weighted by Crippen LogP contribution is -2.30. The van der Waals surface area contributed by atoms with Crippen molar-refractivity contribution in [2.24, 2.45) is 0 Å². The Balaban J connectivity index is 2.13. The highest BCUT2D eigenvalue weighted by atomic mass is 32.1. The van der Waals surface area contributed by atoms with Gasteiger partial charge in [-0.1, -0.05) is 19.4 Å². The maximum Gasteiger partial charge on any atom is 0.295 e. The van der Waals surface area contributed by atoms with E-state index in [1.165, 1.54) is 25.6 Å². The maximum atomic E-state index is 12.8. The van der Waals surface area contributed by atoms with Crippen LogP contribution in [-0.2, 0) is 9.59 Å². The fraction of sp³-hybridized carbons (Fsp3) is 0.333. The minimum absolute atomic E-state index is 0.107. The number of nitrogens with zero attached hydrogens (tertiary/aromatic N) is 1. The normalized spacial score (nSPS) is 18.5. The van der Waals surface area contributed by atoms with Crippen LogP contribution in [0.1, 0.15) is 36.2 Å². The smallest absolute Gasteiger partial charge is 0.295 e. The van der Waals surface area contributed by atoms with Crippen LogP contribution in [0.4, 0.5) is 0 Å². The number of unbranched alkanes of at least 4 members (excludes halogenated alkanes) is 1. The second-order valence-electron chi connectivity index (χ2n) is 6.43. The van der Waals surface area contributed by atoms with Gasteiger partial charge >= 0.3 is 0 Å². The Bertz CT molecular complexity index is 904. The molecule has 0 bridgehead atoms. The lowest BCUT2D eigenvalue weighted by molar-refractivity contribution is -0.139. The number of aliphatic hydroxyl groups is 1. The molecule has 3 rings (SSSR count). The molecule has 1 atom stereocenters. The molecule has 6 nitrogen and oxygen atoms in total. The lowest BCUT2D eigenvalue weighted by atomic mass is 9.99. The van der Waals surface area contributed by atoms with Crippen molar-refractivity contribution in [2.75, 3.05) is 20.8 Å². The van der Waals surface area contributed by atoms with Crippen LogP contribution < -0.4 is 9.47 Å². The molecule has 0 saturated carbocycles. The molecule has 7 heteroatoms. The summed E-state index contributed by atoms with van der Waals surface area (Å²) < 4.78 is 10.5. The quantitative estimate of drug-likeness (QED) is 0.431. The first-order chi connectivity index (χ1) is 13.5. The second-order valence-corrected chi connectivity index (χ2v) is 7.41. The van der Waals surface area contributed by atoms with Gasteiger partial charge in [-0.2, -0.15) is 0 Å². The maximum absolute atomic E-state index is 12.8. The van der Waals surface area contributed by atoms with E-state index in [1.54, 1.807) is 23.1 Å². The zero-order valence-electron chi connectivity index (χ0n) is 16.1. The van der Waals surface area contributed by atoms with Crippen LogP contribution in [0.3, 0.4) is 0 Å². The number of carbonyl (C=O) groups is 2. The molecule has 1 aromatic carbocycles. The molecular formula is C21H23NO5S. The van der Waals surface area contributed by atoms with E-state index in [2.05, 4.69) is 0 Å². The van der Waals surface area contributed by atoms with E-state index in [-0.39, 0.29) is 11.3 Å². The van der Waals surface area contributed by atoms with Crippen LogP contribution in [0, 0.1) is 0 Å². The molecule has 1 aromatic heterocycles. The molecule has 1 unspecified atom stereocenters. The molecule has 1 saturated heterocycles. The number of hydrogen-bond donors (Lipinski definition) is 1. The number of ketones is 1. The van der Waals surface area contributed by atoms with Gasteiger partial charge in [0.1, 0.15) is 5.76 Å². The minimum atomic E-state index is -0.665. The van der Waals surface area contributed by atoms with Crippen molar-refractivity contribution < 1.29 is 24.2 Å². The van der Waals surface area contributed by atoms with E-state index in [4.69, 9.17) is 9.47 Å². The summed E-state index contributed by atoms with van der Waals surface area (Å²) in [6, 6.07) is 8.06. The van der Waals surface area contributed by atoms with E-state index in [1.807, 2.05) is 24.4 Å². The third-order valence-corrected chi connectivity index (χ3v) is 5.69. The number of rotatable bonds is 7. The fourth-order valence-electron chi connectivity index (χ4n) is 3.32. The fourth-order valence-corrected chi connectivity index (χ4v) is 4.17. The number of likely N-dealkylation sites (tertiary alicyclic amines) is 1. The third kappa shape index (κ3) is 3.49. The Morgan fingerprint density at radius 3 is 2.54 bits per heavy atom. The Kier molecular flexibility index (Phi) is 6.04. The van der Waals surface area contributed by atoms with Crippen molar-refractivity contribution in [1.82, 2.24) is 4.90 Å². The number of benzene rings is 1. The van der Waals surface area contributed by atoms with E-state index in [0.717, 1.165) is 17.7 Å². The van der Waals surface area contributed by atoms with Gasteiger partial charge in [0.25, 0.3) is 11.7 Å². The van der Waals surface area contributed by atoms with Crippen LogP contribution in [0.25, 0.3) is 5.76 Å². The van der Waals surface area contributed by atoms with E-state index >= 15 is 0 Å². The van der Waals surface area contributed by atoms with Gasteiger partial charge in [-0.15, -0.1) is 11.3 Å². The third-order valence-electron chi connectivity index (χ3n) is 4.76. The van der Waals surface area contributed by atoms with Gasteiger partial charge in [0.15, 0.2) is 11.5 Å². The molecule has 1 amide bonds. The first-order valence-electron chi connectivity index (χ1n) is 9.07. The molecule has 2 aromatic rings. The molecule has 0 radical (unpaired) electrons. The number of aliphatic hydroxyl groups excluding tert-OH is 1. The highest BCUT2D eigenvalue weighted by Crippen LogP contribution is 2.42. The van der Waals surface area contributed by atoms with Gasteiger partial charge in [0.05, 0.1) is 25.8 Å². The molecule has 1 aliphatic heterocycles. The molecule has 2 heterocycles. The number of thiophene rings is 1. The van der Waals surface area contributed by atoms with E-state index in [9.17, 15) is 14.7 Å². The van der Waals surface area contributed by atoms with Gasteiger partial charge in [0.2, 0.25) is 0 Å². The Morgan fingerprint density at radius 2 is 1.93 bits per heavy atom. The Hall–Kier alpha value is -2.80. The summed E-state index contributed by atoms with van der Waals surface area (Å²) in [5, 5.41) is 12.9. The van der Waals surface area contributed by atoms with Crippen LogP contribution in [0.2, 0.25) is 0 Å². The number of methoxy groups -OCH3 is 2. The number of Topliss-reactive ketones (excluding diaryl/α,β-unsaturated/α-hetero) is 1. The summed E-state index contributed by atoms with van der Waals surface area (Å²) in [5.41, 5.74) is 0.503. The van der Waals surface area contributed by atoms with E-state index < -0.39 is 17.7 Å². The average molecular weight is 401 g/mol. The van der Waals surface area contributed by atoms with Crippen molar-refractivity contribution in [2.45, 2.75) is 25.8 Å². The topological polar surface area (TPSA) is 76.1 Å². The van der Waals surface area contributed by atoms with Gasteiger partial charge < -0.3 is 19.5 Å². The minimum Gasteiger partial charge on any atom is -0.507 e. The molecule has 0 aliphatic carbocycles. The first kappa shape index (κ1) is 19.9. The molecule has 1 N–H and O–H groups in total. The van der Waals surface area contributed by atoms with Crippen molar-refractivity contribution in [3.63, 3.8) is 0 Å². The van der Waals surface area contributed by atoms with E-state index in [0.29, 0.717) is 23.6 Å². The predicted molar refractivity (Wildman–Crippen MR) is 108 cm³/mol. The molecular weight excluding hydrogens is 378 g/mol. The number of carbonyl (C=O) groups excluding carboxylic acids is 2. The summed E-state index contributed by atoms with van der Waals surface area (Å²) in [6.45, 7) is 2.49. The number of hydrogen-bond acceptors (Lipinski definition) is 6. The summed E-state index contributed by atoms with van der Waals surface area (Å²) in [6.07, 6.45) is 1.68. The summed E-state index contributed by atoms with van der Waals surface area (Å²) >= 11 is 1.46. The van der Waals surface area contributed by atoms with Gasteiger partial charge in [-0.05, 0) is 36.1 Å². The van der Waals surface area contributed by atoms with Crippen molar-refractivity contribution in [3.8, 4) is 11.5 Å². The molecule has 1 aliphatic rings. The highest BCUT2D eigenvalue weighted by molar-refractivity contribution is 7.10. The summed E-state index contributed by atoms with van der Waals surface area (Å²) in [4.78, 5) is 27.9. The standard InChI is InChI=1S/C21H23NO5S/c1-4-5-10-22-18(16-7-6-11-28-16)17(20(24)21(22)25)19(23)13-8-9-14(26-2)15(12-13)27-3/h6-9,11-12,18,23H,4-5,10H2,1-3H3/b19-17-. The lowest BCUT2D eigenvalue weighted by Gasteiger charge is -2.23. The van der Waals surface area contributed by atoms with Crippen molar-refractivity contribution in [1.29, 1.82) is 0 Å². The van der Waals surface area contributed by atoms with Crippen LogP contribution in [-0.4, -0.2) is 42.5 Å². The zero-order chi connectivity index (χ0) is 20.3. The molecule has 0 spiro atoms. The predicted octanol–water partition coefficient (Wildman–Crippen LogP) is 3.99. The largest absolute Gasteiger partial charge is 0.507 e. The van der Waals surface area contributed by atoms with Crippen LogP contribution in [0.5, 0.6) is 11.5 Å². The molecule has 28 heavy (non-hydrogen) atoms. The Labute approximate surface area is 168 Å². The van der Waals surface area contributed by atoms with Crippen molar-refractivity contribution in [3.05, 3.63) is 51.7 Å². The monoisotopic (exact) mass is 401 g/mol. The van der Waals surface area contributed by atoms with Crippen molar-refractivity contribution >= 4 is 28.8 Å². The second kappa shape index (κ2) is 8.48. The van der Waals surface area contributed by atoms with Crippen LogP contribution in [0.15, 0.2) is 41.3 Å². The zero-order valence-corrected chi connectivity index (χ0v) is 16.9. The highest BCUT2D eigenvalue weighted by Gasteiger charge is 2.46. The number of amides is 1. The number of ether oxygens (including phenoxy) is 2. The summed E-state index contributed by atoms with van der Waals surface area (Å²) in [7, 11) is 3.02. The Morgan fingerprint density at radius 1 is 1.18 bits per heavy atom. The molecule has 1 fully saturated rings. The van der Waals surface area contributed by atoms with Gasteiger partial charge in [0, 0.05) is 17.0 Å². The summed E-state index contributed by atoms with van der Waals surface area (Å²) in [5.74, 6) is -0.510.